The maximum atomic E-state index is 13.0. The van der Waals surface area contributed by atoms with E-state index in [0.29, 0.717) is 12.1 Å². The number of anilines is 1. The van der Waals surface area contributed by atoms with Crippen molar-refractivity contribution in [1.82, 2.24) is 10.3 Å². The largest absolute Gasteiger partial charge is 0.444 e. The number of amides is 2. The number of pyridine rings is 1. The first-order valence-electron chi connectivity index (χ1n) is 10.7. The normalized spacial score (nSPS) is 12.0. The van der Waals surface area contributed by atoms with E-state index in [1.807, 2.05) is 48.5 Å². The number of benzene rings is 2. The molecule has 0 fully saturated rings. The van der Waals surface area contributed by atoms with Crippen molar-refractivity contribution in [3.8, 4) is 0 Å². The van der Waals surface area contributed by atoms with Crippen LogP contribution in [0.2, 0.25) is 0 Å². The summed E-state index contributed by atoms with van der Waals surface area (Å²) in [6, 6.07) is 20.8. The summed E-state index contributed by atoms with van der Waals surface area (Å²) in [6.07, 6.45) is 3.00. The number of alkyl carbamates (subject to hydrolysis) is 1. The summed E-state index contributed by atoms with van der Waals surface area (Å²) in [4.78, 5) is 30.5. The number of aromatic nitrogens is 1. The molecule has 1 atom stereocenters. The van der Waals surface area contributed by atoms with Gasteiger partial charge in [-0.1, -0.05) is 36.4 Å². The zero-order chi connectivity index (χ0) is 23.7. The smallest absolute Gasteiger partial charge is 0.408 e. The number of hydrogen-bond acceptors (Lipinski definition) is 5. The van der Waals surface area contributed by atoms with Crippen LogP contribution in [-0.2, 0) is 21.7 Å². The van der Waals surface area contributed by atoms with Gasteiger partial charge in [0.2, 0.25) is 5.91 Å². The van der Waals surface area contributed by atoms with Crippen molar-refractivity contribution in [2.45, 2.75) is 49.5 Å². The third-order valence-electron chi connectivity index (χ3n) is 4.54. The van der Waals surface area contributed by atoms with Crippen LogP contribution in [0.15, 0.2) is 84.0 Å². The molecule has 0 saturated carbocycles. The predicted molar refractivity (Wildman–Crippen MR) is 132 cm³/mol. The lowest BCUT2D eigenvalue weighted by molar-refractivity contribution is -0.118. The van der Waals surface area contributed by atoms with E-state index in [1.54, 1.807) is 51.0 Å². The van der Waals surface area contributed by atoms with Gasteiger partial charge >= 0.3 is 6.09 Å². The Morgan fingerprint density at radius 3 is 2.30 bits per heavy atom. The number of carbonyl (C=O) groups is 2. The van der Waals surface area contributed by atoms with Crippen molar-refractivity contribution < 1.29 is 14.3 Å². The van der Waals surface area contributed by atoms with Gasteiger partial charge in [-0.25, -0.2) is 4.79 Å². The molecule has 0 bridgehead atoms. The van der Waals surface area contributed by atoms with Gasteiger partial charge in [-0.05, 0) is 62.2 Å². The number of thioether (sulfide) groups is 1. The molecule has 6 nitrogen and oxygen atoms in total. The molecule has 33 heavy (non-hydrogen) atoms. The van der Waals surface area contributed by atoms with E-state index in [2.05, 4.69) is 27.8 Å². The quantitative estimate of drug-likeness (QED) is 0.434. The van der Waals surface area contributed by atoms with Crippen molar-refractivity contribution in [3.05, 3.63) is 90.3 Å². The van der Waals surface area contributed by atoms with Gasteiger partial charge in [0.05, 0.1) is 0 Å². The number of hydrogen-bond donors (Lipinski definition) is 2. The Labute approximate surface area is 199 Å². The molecule has 0 spiro atoms. The molecule has 0 aliphatic rings. The SMILES string of the molecule is CC(C)(C)OC(=O)N[C@@H](Cc1cccnc1)C(=O)Nc1ccc(SCc2ccccc2)cc1. The molecular formula is C26H29N3O3S. The fourth-order valence-electron chi connectivity index (χ4n) is 3.02. The molecule has 0 saturated heterocycles. The Hall–Kier alpha value is -3.32. The van der Waals surface area contributed by atoms with Crippen molar-refractivity contribution in [3.63, 3.8) is 0 Å². The lowest BCUT2D eigenvalue weighted by Crippen LogP contribution is -2.47. The minimum absolute atomic E-state index is 0.296. The third kappa shape index (κ3) is 8.61. The Balaban J connectivity index is 1.63. The standard InChI is InChI=1S/C26H29N3O3S/c1-26(2,3)32-25(31)29-23(16-20-10-7-15-27-17-20)24(30)28-21-11-13-22(14-12-21)33-18-19-8-5-4-6-9-19/h4-15,17,23H,16,18H2,1-3H3,(H,28,30)(H,29,31)/t23-/m0/s1. The summed E-state index contributed by atoms with van der Waals surface area (Å²) in [5, 5.41) is 5.58. The van der Waals surface area contributed by atoms with Gasteiger partial charge in [0.15, 0.2) is 0 Å². The average molecular weight is 464 g/mol. The van der Waals surface area contributed by atoms with Crippen LogP contribution < -0.4 is 10.6 Å². The molecule has 172 valence electrons. The van der Waals surface area contributed by atoms with Gasteiger partial charge in [0.25, 0.3) is 0 Å². The molecule has 2 N–H and O–H groups in total. The van der Waals surface area contributed by atoms with Gasteiger partial charge in [0, 0.05) is 35.2 Å². The third-order valence-corrected chi connectivity index (χ3v) is 5.62. The Kier molecular flexibility index (Phi) is 8.49. The zero-order valence-electron chi connectivity index (χ0n) is 19.1. The van der Waals surface area contributed by atoms with Crippen LogP contribution in [0, 0.1) is 0 Å². The molecule has 0 aliphatic carbocycles. The summed E-state index contributed by atoms with van der Waals surface area (Å²) < 4.78 is 5.34. The molecule has 1 aromatic heterocycles. The van der Waals surface area contributed by atoms with Crippen LogP contribution in [0.25, 0.3) is 0 Å². The summed E-state index contributed by atoms with van der Waals surface area (Å²) in [6.45, 7) is 5.33. The van der Waals surface area contributed by atoms with Crippen LogP contribution in [0.4, 0.5) is 10.5 Å². The summed E-state index contributed by atoms with van der Waals surface area (Å²) >= 11 is 1.73. The first kappa shape index (κ1) is 24.3. The molecule has 0 aliphatic heterocycles. The van der Waals surface area contributed by atoms with Crippen molar-refractivity contribution in [2.75, 3.05) is 5.32 Å². The number of nitrogens with zero attached hydrogens (tertiary/aromatic N) is 1. The van der Waals surface area contributed by atoms with Gasteiger partial charge in [-0.15, -0.1) is 11.8 Å². The maximum absolute atomic E-state index is 13.0. The predicted octanol–water partition coefficient (Wildman–Crippen LogP) is 5.45. The summed E-state index contributed by atoms with van der Waals surface area (Å²) in [7, 11) is 0. The molecule has 0 unspecified atom stereocenters. The zero-order valence-corrected chi connectivity index (χ0v) is 19.9. The van der Waals surface area contributed by atoms with Crippen molar-refractivity contribution in [2.24, 2.45) is 0 Å². The van der Waals surface area contributed by atoms with Crippen molar-refractivity contribution >= 4 is 29.4 Å². The minimum Gasteiger partial charge on any atom is -0.444 e. The maximum Gasteiger partial charge on any atom is 0.408 e. The van der Waals surface area contributed by atoms with Crippen LogP contribution >= 0.6 is 11.8 Å². The number of nitrogens with one attached hydrogen (secondary N) is 2. The topological polar surface area (TPSA) is 80.3 Å². The lowest BCUT2D eigenvalue weighted by Gasteiger charge is -2.23. The fraction of sp³-hybridized carbons (Fsp3) is 0.269. The minimum atomic E-state index is -0.809. The van der Waals surface area contributed by atoms with Crippen LogP contribution in [0.3, 0.4) is 0 Å². The molecular weight excluding hydrogens is 434 g/mol. The van der Waals surface area contributed by atoms with Crippen molar-refractivity contribution in [1.29, 1.82) is 0 Å². The van der Waals surface area contributed by atoms with E-state index in [9.17, 15) is 9.59 Å². The first-order valence-corrected chi connectivity index (χ1v) is 11.7. The molecule has 3 rings (SSSR count). The first-order chi connectivity index (χ1) is 15.8. The molecule has 7 heteroatoms. The molecule has 3 aromatic rings. The van der Waals surface area contributed by atoms with Gasteiger partial charge in [0.1, 0.15) is 11.6 Å². The highest BCUT2D eigenvalue weighted by atomic mass is 32.2. The molecule has 2 amide bonds. The number of carbonyl (C=O) groups excluding carboxylic acids is 2. The molecule has 0 radical (unpaired) electrons. The fourth-order valence-corrected chi connectivity index (χ4v) is 3.87. The van der Waals surface area contributed by atoms with E-state index < -0.39 is 17.7 Å². The van der Waals surface area contributed by atoms with Crippen LogP contribution in [0.5, 0.6) is 0 Å². The Morgan fingerprint density at radius 1 is 0.970 bits per heavy atom. The highest BCUT2D eigenvalue weighted by molar-refractivity contribution is 7.98. The number of ether oxygens (including phenoxy) is 1. The highest BCUT2D eigenvalue weighted by Crippen LogP contribution is 2.24. The second-order valence-corrected chi connectivity index (χ2v) is 9.60. The highest BCUT2D eigenvalue weighted by Gasteiger charge is 2.25. The van der Waals surface area contributed by atoms with Crippen LogP contribution in [-0.4, -0.2) is 28.6 Å². The molecule has 1 heterocycles. The Morgan fingerprint density at radius 2 is 1.67 bits per heavy atom. The monoisotopic (exact) mass is 463 g/mol. The summed E-state index contributed by atoms with van der Waals surface area (Å²) in [5.74, 6) is 0.550. The summed E-state index contributed by atoms with van der Waals surface area (Å²) in [5.41, 5.74) is 2.09. The van der Waals surface area contributed by atoms with E-state index in [4.69, 9.17) is 4.74 Å². The second kappa shape index (κ2) is 11.5. The molecule has 2 aromatic carbocycles. The van der Waals surface area contributed by atoms with Gasteiger partial charge < -0.3 is 15.4 Å². The Bertz CT molecular complexity index is 1040. The van der Waals surface area contributed by atoms with E-state index in [-0.39, 0.29) is 5.91 Å². The second-order valence-electron chi connectivity index (χ2n) is 8.55. The van der Waals surface area contributed by atoms with E-state index >= 15 is 0 Å². The lowest BCUT2D eigenvalue weighted by atomic mass is 10.1. The van der Waals surface area contributed by atoms with Crippen LogP contribution in [0.1, 0.15) is 31.9 Å². The number of rotatable bonds is 8. The average Bonchev–Trinajstić information content (AvgIpc) is 2.78. The van der Waals surface area contributed by atoms with Gasteiger partial charge in [-0.3, -0.25) is 9.78 Å². The van der Waals surface area contributed by atoms with E-state index in [0.717, 1.165) is 16.2 Å². The van der Waals surface area contributed by atoms with E-state index in [1.165, 1.54) is 5.56 Å². The van der Waals surface area contributed by atoms with Gasteiger partial charge in [-0.2, -0.15) is 0 Å².